The largest absolute Gasteiger partial charge is 0.507 e. The Kier molecular flexibility index (Phi) is 5.23. The number of anilines is 1. The molecule has 3 aromatic carbocycles. The molecular weight excluding hydrogens is 463 g/mol. The van der Waals surface area contributed by atoms with Crippen LogP contribution in [-0.2, 0) is 9.59 Å². The molecule has 0 radical (unpaired) electrons. The number of amides is 1. The minimum absolute atomic E-state index is 0.0745. The van der Waals surface area contributed by atoms with E-state index in [1.807, 2.05) is 25.1 Å². The summed E-state index contributed by atoms with van der Waals surface area (Å²) in [6.45, 7) is 1.90. The molecule has 0 aliphatic carbocycles. The van der Waals surface area contributed by atoms with Gasteiger partial charge in [0, 0.05) is 10.6 Å². The van der Waals surface area contributed by atoms with E-state index in [4.69, 9.17) is 11.6 Å². The first-order valence-electron chi connectivity index (χ1n) is 10.0. The van der Waals surface area contributed by atoms with Gasteiger partial charge >= 0.3 is 5.91 Å². The number of Topliss-reactive ketones (excluding diaryl/α,β-unsaturated/α-hetero) is 1. The van der Waals surface area contributed by atoms with Gasteiger partial charge in [0.05, 0.1) is 21.8 Å². The van der Waals surface area contributed by atoms with Crippen molar-refractivity contribution in [3.05, 3.63) is 99.8 Å². The number of ketones is 1. The fourth-order valence-electron chi connectivity index (χ4n) is 3.94. The first-order valence-corrected chi connectivity index (χ1v) is 11.2. The van der Waals surface area contributed by atoms with Gasteiger partial charge < -0.3 is 5.11 Å². The Labute approximate surface area is 197 Å². The zero-order valence-corrected chi connectivity index (χ0v) is 18.8. The first kappa shape index (κ1) is 21.3. The third-order valence-electron chi connectivity index (χ3n) is 5.47. The lowest BCUT2D eigenvalue weighted by Gasteiger charge is -2.23. The van der Waals surface area contributed by atoms with Crippen LogP contribution in [0.1, 0.15) is 22.7 Å². The summed E-state index contributed by atoms with van der Waals surface area (Å²) in [6.07, 6.45) is 0. The molecule has 1 aliphatic rings. The van der Waals surface area contributed by atoms with E-state index in [1.165, 1.54) is 40.5 Å². The van der Waals surface area contributed by atoms with E-state index in [-0.39, 0.29) is 16.9 Å². The molecule has 1 N–H and O–H groups in total. The van der Waals surface area contributed by atoms with Crippen LogP contribution >= 0.6 is 22.9 Å². The van der Waals surface area contributed by atoms with Gasteiger partial charge in [-0.3, -0.25) is 14.5 Å². The highest BCUT2D eigenvalue weighted by atomic mass is 35.5. The number of thiazole rings is 1. The van der Waals surface area contributed by atoms with E-state index in [0.717, 1.165) is 10.3 Å². The van der Waals surface area contributed by atoms with Crippen LogP contribution in [0.5, 0.6) is 0 Å². The van der Waals surface area contributed by atoms with Crippen LogP contribution < -0.4 is 4.90 Å². The number of carbonyl (C=O) groups excluding carboxylic acids is 2. The Morgan fingerprint density at radius 3 is 2.58 bits per heavy atom. The van der Waals surface area contributed by atoms with Crippen molar-refractivity contribution in [1.29, 1.82) is 0 Å². The molecule has 0 saturated carbocycles. The molecule has 1 aliphatic heterocycles. The van der Waals surface area contributed by atoms with Gasteiger partial charge in [-0.1, -0.05) is 52.8 Å². The molecule has 2 heterocycles. The number of rotatable bonds is 3. The molecule has 1 saturated heterocycles. The third kappa shape index (κ3) is 3.69. The zero-order chi connectivity index (χ0) is 23.3. The second-order valence-electron chi connectivity index (χ2n) is 7.70. The summed E-state index contributed by atoms with van der Waals surface area (Å²) >= 11 is 7.33. The first-order chi connectivity index (χ1) is 15.8. The lowest BCUT2D eigenvalue weighted by molar-refractivity contribution is -0.132. The SMILES string of the molecule is Cc1cccc(C2/C(=C(\O)c3ccc(F)cc3)C(=O)C(=O)N2c2nc3ccc(Cl)cc3s2)c1. The smallest absolute Gasteiger partial charge is 0.301 e. The Hall–Kier alpha value is -3.55. The molecule has 164 valence electrons. The molecule has 5 rings (SSSR count). The average molecular weight is 479 g/mol. The van der Waals surface area contributed by atoms with Crippen molar-refractivity contribution in [3.63, 3.8) is 0 Å². The van der Waals surface area contributed by atoms with Gasteiger partial charge in [0.1, 0.15) is 11.6 Å². The maximum atomic E-state index is 13.4. The van der Waals surface area contributed by atoms with Crippen molar-refractivity contribution in [2.75, 3.05) is 4.90 Å². The number of aliphatic hydroxyl groups is 1. The van der Waals surface area contributed by atoms with Crippen molar-refractivity contribution < 1.29 is 19.1 Å². The summed E-state index contributed by atoms with van der Waals surface area (Å²) in [4.78, 5) is 32.3. The highest BCUT2D eigenvalue weighted by Gasteiger charge is 2.48. The molecule has 5 nitrogen and oxygen atoms in total. The lowest BCUT2D eigenvalue weighted by atomic mass is 9.94. The minimum atomic E-state index is -0.897. The van der Waals surface area contributed by atoms with Crippen LogP contribution in [0.3, 0.4) is 0 Å². The summed E-state index contributed by atoms with van der Waals surface area (Å²) < 4.78 is 14.2. The zero-order valence-electron chi connectivity index (χ0n) is 17.3. The van der Waals surface area contributed by atoms with E-state index in [2.05, 4.69) is 4.98 Å². The van der Waals surface area contributed by atoms with Gasteiger partial charge in [0.2, 0.25) is 0 Å². The Bertz CT molecular complexity index is 1460. The van der Waals surface area contributed by atoms with Crippen molar-refractivity contribution in [2.45, 2.75) is 13.0 Å². The average Bonchev–Trinajstić information content (AvgIpc) is 3.32. The van der Waals surface area contributed by atoms with Gasteiger partial charge in [-0.25, -0.2) is 9.37 Å². The second kappa shape index (κ2) is 8.10. The predicted octanol–water partition coefficient (Wildman–Crippen LogP) is 6.02. The number of fused-ring (bicyclic) bond motifs is 1. The van der Waals surface area contributed by atoms with Gasteiger partial charge in [-0.15, -0.1) is 0 Å². The lowest BCUT2D eigenvalue weighted by Crippen LogP contribution is -2.29. The molecule has 8 heteroatoms. The number of benzene rings is 3. The molecule has 1 aromatic heterocycles. The maximum absolute atomic E-state index is 13.4. The monoisotopic (exact) mass is 478 g/mol. The van der Waals surface area contributed by atoms with Crippen molar-refractivity contribution >= 4 is 55.7 Å². The summed E-state index contributed by atoms with van der Waals surface area (Å²) in [6, 6.07) is 16.8. The molecule has 4 aromatic rings. The molecule has 0 spiro atoms. The normalized spacial score (nSPS) is 17.8. The van der Waals surface area contributed by atoms with Crippen molar-refractivity contribution in [2.24, 2.45) is 0 Å². The van der Waals surface area contributed by atoms with Crippen molar-refractivity contribution in [3.8, 4) is 0 Å². The van der Waals surface area contributed by atoms with Gasteiger partial charge in [-0.2, -0.15) is 0 Å². The fourth-order valence-corrected chi connectivity index (χ4v) is 5.21. The molecular formula is C25H16ClFN2O3S. The van der Waals surface area contributed by atoms with E-state index >= 15 is 0 Å². The van der Waals surface area contributed by atoms with Crippen molar-refractivity contribution in [1.82, 2.24) is 4.98 Å². The van der Waals surface area contributed by atoms with Crippen LogP contribution in [0.4, 0.5) is 9.52 Å². The molecule has 0 bridgehead atoms. The van der Waals surface area contributed by atoms with Crippen LogP contribution in [0.15, 0.2) is 72.3 Å². The number of carbonyl (C=O) groups is 2. The number of aliphatic hydroxyl groups excluding tert-OH is 1. The third-order valence-corrected chi connectivity index (χ3v) is 6.72. The number of hydrogen-bond donors (Lipinski definition) is 1. The summed E-state index contributed by atoms with van der Waals surface area (Å²) in [5.74, 6) is -2.47. The highest BCUT2D eigenvalue weighted by molar-refractivity contribution is 7.22. The van der Waals surface area contributed by atoms with Crippen LogP contribution in [0.2, 0.25) is 5.02 Å². The number of hydrogen-bond acceptors (Lipinski definition) is 5. The molecule has 1 atom stereocenters. The van der Waals surface area contributed by atoms with Gasteiger partial charge in [0.15, 0.2) is 5.13 Å². The molecule has 1 unspecified atom stereocenters. The Balaban J connectivity index is 1.74. The Morgan fingerprint density at radius 1 is 1.09 bits per heavy atom. The van der Waals surface area contributed by atoms with Crippen LogP contribution in [-0.4, -0.2) is 21.8 Å². The standard InChI is InChI=1S/C25H16ClFN2O3S/c1-13-3-2-4-15(11-13)21-20(22(30)14-5-8-17(27)9-6-14)23(31)24(32)29(21)25-28-18-10-7-16(26)12-19(18)33-25/h2-12,21,30H,1H3/b22-20+. The number of nitrogens with zero attached hydrogens (tertiary/aromatic N) is 2. The molecule has 33 heavy (non-hydrogen) atoms. The van der Waals surface area contributed by atoms with E-state index in [9.17, 15) is 19.1 Å². The van der Waals surface area contributed by atoms with E-state index in [1.54, 1.807) is 24.3 Å². The minimum Gasteiger partial charge on any atom is -0.507 e. The summed E-state index contributed by atoms with van der Waals surface area (Å²) in [7, 11) is 0. The highest BCUT2D eigenvalue weighted by Crippen LogP contribution is 2.44. The summed E-state index contributed by atoms with van der Waals surface area (Å²) in [5.41, 5.74) is 2.38. The summed E-state index contributed by atoms with van der Waals surface area (Å²) in [5, 5.41) is 11.9. The van der Waals surface area contributed by atoms with E-state index < -0.39 is 23.5 Å². The molecule has 1 fully saturated rings. The topological polar surface area (TPSA) is 70.5 Å². The Morgan fingerprint density at radius 2 is 1.85 bits per heavy atom. The second-order valence-corrected chi connectivity index (χ2v) is 9.14. The number of halogens is 2. The van der Waals surface area contributed by atoms with Crippen LogP contribution in [0, 0.1) is 12.7 Å². The van der Waals surface area contributed by atoms with Gasteiger partial charge in [-0.05, 0) is 55.0 Å². The predicted molar refractivity (Wildman–Crippen MR) is 127 cm³/mol. The number of aromatic nitrogens is 1. The quantitative estimate of drug-likeness (QED) is 0.222. The fraction of sp³-hybridized carbons (Fsp3) is 0.0800. The molecule has 1 amide bonds. The van der Waals surface area contributed by atoms with Gasteiger partial charge in [0.25, 0.3) is 5.78 Å². The number of aryl methyl sites for hydroxylation is 1. The van der Waals surface area contributed by atoms with Crippen LogP contribution in [0.25, 0.3) is 16.0 Å². The van der Waals surface area contributed by atoms with E-state index in [0.29, 0.717) is 21.2 Å². The maximum Gasteiger partial charge on any atom is 0.301 e.